The van der Waals surface area contributed by atoms with Gasteiger partial charge in [-0.05, 0) is 37.9 Å². The number of carbonyl (C=O) groups is 2. The molecule has 1 saturated carbocycles. The van der Waals surface area contributed by atoms with Gasteiger partial charge in [0.25, 0.3) is 22.0 Å². The van der Waals surface area contributed by atoms with Crippen molar-refractivity contribution < 1.29 is 18.0 Å². The zero-order valence-corrected chi connectivity index (χ0v) is 19.0. The Morgan fingerprint density at radius 2 is 1.48 bits per heavy atom. The molecule has 1 aliphatic carbocycles. The molecule has 0 unspecified atom stereocenters. The van der Waals surface area contributed by atoms with Crippen LogP contribution in [0.25, 0.3) is 0 Å². The molecule has 2 fully saturated rings. The van der Waals surface area contributed by atoms with Gasteiger partial charge in [-0.3, -0.25) is 14.5 Å². The van der Waals surface area contributed by atoms with E-state index in [0.717, 1.165) is 32.2 Å². The van der Waals surface area contributed by atoms with Crippen molar-refractivity contribution in [1.82, 2.24) is 18.4 Å². The predicted octanol–water partition coefficient (Wildman–Crippen LogP) is 1.80. The summed E-state index contributed by atoms with van der Waals surface area (Å²) in [5.74, 6) is -0.440. The molecule has 0 bridgehead atoms. The Bertz CT molecular complexity index is 886. The lowest BCUT2D eigenvalue weighted by Gasteiger charge is -2.38. The summed E-state index contributed by atoms with van der Waals surface area (Å²) in [6.45, 7) is 3.41. The number of imide groups is 1. The van der Waals surface area contributed by atoms with E-state index in [1.807, 2.05) is 0 Å². The summed E-state index contributed by atoms with van der Waals surface area (Å²) in [4.78, 5) is 28.4. The molecule has 9 heteroatoms. The van der Waals surface area contributed by atoms with Crippen LogP contribution in [0.3, 0.4) is 0 Å². The molecule has 1 aromatic carbocycles. The van der Waals surface area contributed by atoms with Crippen molar-refractivity contribution in [2.24, 2.45) is 0 Å². The SMILES string of the molecule is CN(C1CCCCC1)S(=O)(=O)N1CCN(CCCN2C(=O)c3ccccc3C2=O)CC1. The van der Waals surface area contributed by atoms with E-state index >= 15 is 0 Å². The fourth-order valence-electron chi connectivity index (χ4n) is 4.89. The first-order valence-corrected chi connectivity index (χ1v) is 12.7. The summed E-state index contributed by atoms with van der Waals surface area (Å²) in [6, 6.07) is 7.05. The molecule has 31 heavy (non-hydrogen) atoms. The van der Waals surface area contributed by atoms with Crippen LogP contribution in [-0.2, 0) is 10.2 Å². The van der Waals surface area contributed by atoms with Gasteiger partial charge >= 0.3 is 0 Å². The van der Waals surface area contributed by atoms with Crippen molar-refractivity contribution in [3.63, 3.8) is 0 Å². The number of piperazine rings is 1. The van der Waals surface area contributed by atoms with Gasteiger partial charge in [0.05, 0.1) is 11.1 Å². The molecule has 2 heterocycles. The van der Waals surface area contributed by atoms with Gasteiger partial charge in [-0.1, -0.05) is 31.4 Å². The normalized spacial score (nSPS) is 21.8. The first kappa shape index (κ1) is 22.4. The van der Waals surface area contributed by atoms with E-state index in [-0.39, 0.29) is 17.9 Å². The highest BCUT2D eigenvalue weighted by molar-refractivity contribution is 7.86. The second kappa shape index (κ2) is 9.36. The number of fused-ring (bicyclic) bond motifs is 1. The summed E-state index contributed by atoms with van der Waals surface area (Å²) < 4.78 is 29.2. The Morgan fingerprint density at radius 3 is 2.06 bits per heavy atom. The largest absolute Gasteiger partial charge is 0.301 e. The first-order valence-electron chi connectivity index (χ1n) is 11.3. The van der Waals surface area contributed by atoms with Gasteiger partial charge in [0.15, 0.2) is 0 Å². The Hall–Kier alpha value is -1.81. The number of benzene rings is 1. The van der Waals surface area contributed by atoms with Gasteiger partial charge in [0, 0.05) is 45.8 Å². The average molecular weight is 449 g/mol. The van der Waals surface area contributed by atoms with Gasteiger partial charge in [-0.25, -0.2) is 0 Å². The molecule has 0 spiro atoms. The zero-order chi connectivity index (χ0) is 22.0. The quantitative estimate of drug-likeness (QED) is 0.594. The standard InChI is InChI=1S/C22H32N4O4S/c1-23(18-8-3-2-4-9-18)31(29,30)25-16-14-24(15-17-25)12-7-13-26-21(27)19-10-5-6-11-20(19)22(26)28/h5-6,10-11,18H,2-4,7-9,12-17H2,1H3. The smallest absolute Gasteiger partial charge is 0.282 e. The van der Waals surface area contributed by atoms with E-state index in [4.69, 9.17) is 0 Å². The third kappa shape index (κ3) is 4.55. The van der Waals surface area contributed by atoms with Crippen LogP contribution >= 0.6 is 0 Å². The van der Waals surface area contributed by atoms with Crippen molar-refractivity contribution in [2.45, 2.75) is 44.6 Å². The fraction of sp³-hybridized carbons (Fsp3) is 0.636. The van der Waals surface area contributed by atoms with E-state index in [2.05, 4.69) is 4.90 Å². The summed E-state index contributed by atoms with van der Waals surface area (Å²) in [5, 5.41) is 0. The number of nitrogens with zero attached hydrogens (tertiary/aromatic N) is 4. The predicted molar refractivity (Wildman–Crippen MR) is 118 cm³/mol. The minimum absolute atomic E-state index is 0.122. The highest BCUT2D eigenvalue weighted by atomic mass is 32.2. The van der Waals surface area contributed by atoms with Crippen LogP contribution in [0.1, 0.15) is 59.2 Å². The molecule has 1 aromatic rings. The number of carbonyl (C=O) groups excluding carboxylic acids is 2. The van der Waals surface area contributed by atoms with Crippen LogP contribution < -0.4 is 0 Å². The molecule has 3 aliphatic rings. The zero-order valence-electron chi connectivity index (χ0n) is 18.2. The van der Waals surface area contributed by atoms with Crippen LogP contribution in [0.2, 0.25) is 0 Å². The maximum absolute atomic E-state index is 13.0. The number of hydrogen-bond donors (Lipinski definition) is 0. The molecular formula is C22H32N4O4S. The van der Waals surface area contributed by atoms with E-state index in [1.165, 1.54) is 11.3 Å². The fourth-order valence-corrected chi connectivity index (χ4v) is 6.47. The van der Waals surface area contributed by atoms with Crippen LogP contribution in [0.4, 0.5) is 0 Å². The Kier molecular flexibility index (Phi) is 6.76. The minimum atomic E-state index is -3.42. The lowest BCUT2D eigenvalue weighted by molar-refractivity contribution is 0.0644. The lowest BCUT2D eigenvalue weighted by Crippen LogP contribution is -2.54. The number of hydrogen-bond acceptors (Lipinski definition) is 5. The van der Waals surface area contributed by atoms with Crippen molar-refractivity contribution in [3.05, 3.63) is 35.4 Å². The molecule has 0 N–H and O–H groups in total. The Labute approximate surface area is 185 Å². The molecule has 8 nitrogen and oxygen atoms in total. The highest BCUT2D eigenvalue weighted by Gasteiger charge is 2.36. The highest BCUT2D eigenvalue weighted by Crippen LogP contribution is 2.25. The van der Waals surface area contributed by atoms with Gasteiger partial charge in [0.1, 0.15) is 0 Å². The third-order valence-corrected chi connectivity index (χ3v) is 8.89. The summed E-state index contributed by atoms with van der Waals surface area (Å²) in [7, 11) is -1.70. The average Bonchev–Trinajstić information content (AvgIpc) is 3.04. The van der Waals surface area contributed by atoms with Crippen LogP contribution in [0, 0.1) is 0 Å². The second-order valence-electron chi connectivity index (χ2n) is 8.72. The molecule has 0 atom stereocenters. The number of rotatable bonds is 7. The molecule has 2 aliphatic heterocycles. The molecular weight excluding hydrogens is 416 g/mol. The lowest BCUT2D eigenvalue weighted by atomic mass is 9.96. The van der Waals surface area contributed by atoms with E-state index < -0.39 is 10.2 Å². The molecule has 1 saturated heterocycles. The summed E-state index contributed by atoms with van der Waals surface area (Å²) >= 11 is 0. The van der Waals surface area contributed by atoms with E-state index in [0.29, 0.717) is 50.3 Å². The summed E-state index contributed by atoms with van der Waals surface area (Å²) in [6.07, 6.45) is 5.99. The maximum Gasteiger partial charge on any atom is 0.282 e. The van der Waals surface area contributed by atoms with Crippen molar-refractivity contribution in [2.75, 3.05) is 46.3 Å². The van der Waals surface area contributed by atoms with E-state index in [9.17, 15) is 18.0 Å². The van der Waals surface area contributed by atoms with Crippen molar-refractivity contribution >= 4 is 22.0 Å². The Morgan fingerprint density at radius 1 is 0.903 bits per heavy atom. The van der Waals surface area contributed by atoms with Gasteiger partial charge < -0.3 is 4.90 Å². The maximum atomic E-state index is 13.0. The van der Waals surface area contributed by atoms with Gasteiger partial charge in [-0.2, -0.15) is 17.0 Å². The summed E-state index contributed by atoms with van der Waals surface area (Å²) in [5.41, 5.74) is 0.960. The molecule has 4 rings (SSSR count). The van der Waals surface area contributed by atoms with Crippen molar-refractivity contribution in [3.8, 4) is 0 Å². The van der Waals surface area contributed by atoms with Crippen LogP contribution in [0.15, 0.2) is 24.3 Å². The number of amides is 2. The molecule has 170 valence electrons. The van der Waals surface area contributed by atoms with Crippen LogP contribution in [-0.4, -0.2) is 91.0 Å². The van der Waals surface area contributed by atoms with Gasteiger partial charge in [-0.15, -0.1) is 0 Å². The molecule has 0 aromatic heterocycles. The van der Waals surface area contributed by atoms with Crippen molar-refractivity contribution in [1.29, 1.82) is 0 Å². The Balaban J connectivity index is 1.24. The monoisotopic (exact) mass is 448 g/mol. The third-order valence-electron chi connectivity index (χ3n) is 6.84. The van der Waals surface area contributed by atoms with Crippen LogP contribution in [0.5, 0.6) is 0 Å². The van der Waals surface area contributed by atoms with Gasteiger partial charge in [0.2, 0.25) is 0 Å². The molecule has 2 amide bonds. The topological polar surface area (TPSA) is 81.2 Å². The first-order chi connectivity index (χ1) is 14.9. The van der Waals surface area contributed by atoms with E-state index in [1.54, 1.807) is 39.9 Å². The second-order valence-corrected chi connectivity index (χ2v) is 10.7. The molecule has 0 radical (unpaired) electrons. The minimum Gasteiger partial charge on any atom is -0.301 e.